The molecule has 0 spiro atoms. The van der Waals surface area contributed by atoms with Gasteiger partial charge >= 0.3 is 0 Å². The van der Waals surface area contributed by atoms with Crippen molar-refractivity contribution < 1.29 is 33.2 Å². The van der Waals surface area contributed by atoms with Crippen LogP contribution in [-0.4, -0.2) is 53.2 Å². The van der Waals surface area contributed by atoms with Crippen molar-refractivity contribution in [2.24, 2.45) is 0 Å². The van der Waals surface area contributed by atoms with Gasteiger partial charge in [-0.25, -0.2) is 0 Å². The molecular weight excluding hydrogens is 664 g/mol. The molecule has 7 nitrogen and oxygen atoms in total. The summed E-state index contributed by atoms with van der Waals surface area (Å²) in [6, 6.07) is 0. The third-order valence-corrected chi connectivity index (χ3v) is 9.71. The van der Waals surface area contributed by atoms with Gasteiger partial charge in [0, 0.05) is 12.8 Å². The highest BCUT2D eigenvalue weighted by Crippen LogP contribution is 2.21. The van der Waals surface area contributed by atoms with Crippen LogP contribution in [0, 0.1) is 0 Å². The van der Waals surface area contributed by atoms with Gasteiger partial charge in [0.25, 0.3) is 0 Å². The van der Waals surface area contributed by atoms with E-state index in [0.29, 0.717) is 39.6 Å². The smallest absolute Gasteiger partial charge is 0.159 e. The fourth-order valence-corrected chi connectivity index (χ4v) is 6.71. The van der Waals surface area contributed by atoms with Crippen LogP contribution in [0.1, 0.15) is 221 Å². The number of hydrogen-bond donors (Lipinski definition) is 0. The summed E-state index contributed by atoms with van der Waals surface area (Å²) in [6.45, 7) is 15.9. The summed E-state index contributed by atoms with van der Waals surface area (Å²) in [5, 5.41) is 0. The van der Waals surface area contributed by atoms with Crippen molar-refractivity contribution in [3.8, 4) is 0 Å². The van der Waals surface area contributed by atoms with Gasteiger partial charge in [0.1, 0.15) is 38.3 Å². The fraction of sp³-hybridized carbons (Fsp3) is 0.913. The molecule has 53 heavy (non-hydrogen) atoms. The lowest BCUT2D eigenvalue weighted by atomic mass is 10.0. The minimum Gasteiger partial charge on any atom is -0.495 e. The van der Waals surface area contributed by atoms with Crippen LogP contribution in [0.5, 0.6) is 0 Å². The molecule has 0 bridgehead atoms. The summed E-state index contributed by atoms with van der Waals surface area (Å²) < 4.78 is 41.2. The Morgan fingerprint density at radius 3 is 0.774 bits per heavy atom. The van der Waals surface area contributed by atoms with E-state index < -0.39 is 0 Å². The van der Waals surface area contributed by atoms with Crippen LogP contribution in [0.3, 0.4) is 0 Å². The van der Waals surface area contributed by atoms with E-state index >= 15 is 0 Å². The quantitative estimate of drug-likeness (QED) is 0.0348. The highest BCUT2D eigenvalue weighted by atomic mass is 16.7. The molecule has 0 radical (unpaired) electrons. The van der Waals surface area contributed by atoms with Crippen molar-refractivity contribution in [1.82, 2.24) is 0 Å². The molecule has 0 aromatic carbocycles. The van der Waals surface area contributed by atoms with Crippen LogP contribution < -0.4 is 0 Å². The second-order valence-corrected chi connectivity index (χ2v) is 14.5. The van der Waals surface area contributed by atoms with Crippen LogP contribution in [-0.2, 0) is 33.2 Å². The Hall–Kier alpha value is -1.44. The van der Waals surface area contributed by atoms with E-state index in [1.807, 2.05) is 27.7 Å². The second kappa shape index (κ2) is 43.3. The van der Waals surface area contributed by atoms with Gasteiger partial charge in [0.2, 0.25) is 0 Å². The zero-order valence-electron chi connectivity index (χ0n) is 36.3. The number of rotatable bonds is 44. The van der Waals surface area contributed by atoms with Crippen molar-refractivity contribution >= 4 is 0 Å². The monoisotopic (exact) mass is 755 g/mol. The van der Waals surface area contributed by atoms with Crippen molar-refractivity contribution in [2.45, 2.75) is 221 Å². The minimum atomic E-state index is 0.111. The van der Waals surface area contributed by atoms with E-state index in [-0.39, 0.29) is 13.6 Å². The maximum Gasteiger partial charge on any atom is 0.159 e. The largest absolute Gasteiger partial charge is 0.495 e. The first-order chi connectivity index (χ1) is 26.2. The van der Waals surface area contributed by atoms with Crippen molar-refractivity contribution in [1.29, 1.82) is 0 Å². The average molecular weight is 755 g/mol. The Kier molecular flexibility index (Phi) is 42.1. The van der Waals surface area contributed by atoms with Gasteiger partial charge in [-0.3, -0.25) is 0 Å². The summed E-state index contributed by atoms with van der Waals surface area (Å²) in [7, 11) is 0. The summed E-state index contributed by atoms with van der Waals surface area (Å²) in [5.41, 5.74) is 0. The van der Waals surface area contributed by atoms with Crippen molar-refractivity contribution in [3.05, 3.63) is 23.0 Å². The molecule has 0 amide bonds. The van der Waals surface area contributed by atoms with Crippen molar-refractivity contribution in [3.63, 3.8) is 0 Å². The topological polar surface area (TPSA) is 64.6 Å². The molecule has 0 N–H and O–H groups in total. The lowest BCUT2D eigenvalue weighted by Crippen LogP contribution is -2.13. The number of hydrogen-bond acceptors (Lipinski definition) is 7. The van der Waals surface area contributed by atoms with E-state index in [4.69, 9.17) is 33.2 Å². The molecule has 0 aliphatic rings. The molecule has 0 aromatic rings. The zero-order chi connectivity index (χ0) is 38.7. The van der Waals surface area contributed by atoms with Gasteiger partial charge in [-0.2, -0.15) is 0 Å². The third kappa shape index (κ3) is 34.8. The van der Waals surface area contributed by atoms with Gasteiger partial charge < -0.3 is 33.2 Å². The highest BCUT2D eigenvalue weighted by Gasteiger charge is 2.12. The zero-order valence-corrected chi connectivity index (χ0v) is 36.3. The van der Waals surface area contributed by atoms with Crippen molar-refractivity contribution in [2.75, 3.05) is 53.2 Å². The van der Waals surface area contributed by atoms with Gasteiger partial charge in [-0.1, -0.05) is 168 Å². The first kappa shape index (κ1) is 51.6. The van der Waals surface area contributed by atoms with E-state index in [1.54, 1.807) is 0 Å². The average Bonchev–Trinajstić information content (AvgIpc) is 3.16. The van der Waals surface area contributed by atoms with Crippen LogP contribution in [0.2, 0.25) is 0 Å². The summed E-state index contributed by atoms with van der Waals surface area (Å²) in [4.78, 5) is 0. The lowest BCUT2D eigenvalue weighted by molar-refractivity contribution is -0.131. The van der Waals surface area contributed by atoms with Crippen LogP contribution in [0.4, 0.5) is 0 Å². The van der Waals surface area contributed by atoms with E-state index in [2.05, 4.69) is 13.8 Å². The summed E-state index contributed by atoms with van der Waals surface area (Å²) in [5.74, 6) is 3.36. The number of ether oxygens (including phenoxy) is 7. The SMILES string of the molecule is CCCCCCCCCCCCCCCC(OCC)=C(COCOCOCC(OCC)=C(CCCCCCCCCCCCCCC)OCC)OCC. The number of unbranched alkanes of at least 4 members (excludes halogenated alkanes) is 24. The van der Waals surface area contributed by atoms with Gasteiger partial charge in [0.05, 0.1) is 26.4 Å². The minimum absolute atomic E-state index is 0.111. The first-order valence-corrected chi connectivity index (χ1v) is 22.9. The standard InChI is InChI=1S/C46H90O7/c1-7-13-15-17-19-21-23-25-27-29-31-33-35-37-43(50-9-3)45(52-11-5)39-47-41-49-42-48-40-46(53-12-6)44(51-10-4)38-36-34-32-30-28-26-24-22-20-18-16-14-8-2/h7-42H2,1-6H3. The maximum atomic E-state index is 6.01. The van der Waals surface area contributed by atoms with Crippen LogP contribution in [0.15, 0.2) is 23.0 Å². The molecule has 316 valence electrons. The normalized spacial score (nSPS) is 12.5. The molecule has 0 atom stereocenters. The maximum absolute atomic E-state index is 6.01. The highest BCUT2D eigenvalue weighted by molar-refractivity contribution is 5.03. The molecule has 0 aromatic heterocycles. The molecule has 7 heteroatoms. The molecule has 0 rings (SSSR count). The van der Waals surface area contributed by atoms with Gasteiger partial charge in [-0.05, 0) is 40.5 Å². The Morgan fingerprint density at radius 2 is 0.509 bits per heavy atom. The third-order valence-electron chi connectivity index (χ3n) is 9.71. The second-order valence-electron chi connectivity index (χ2n) is 14.5. The Bertz CT molecular complexity index is 733. The summed E-state index contributed by atoms with van der Waals surface area (Å²) >= 11 is 0. The van der Waals surface area contributed by atoms with E-state index in [9.17, 15) is 0 Å². The first-order valence-electron chi connectivity index (χ1n) is 22.9. The number of allylic oxidation sites excluding steroid dienone is 2. The predicted molar refractivity (Wildman–Crippen MR) is 224 cm³/mol. The van der Waals surface area contributed by atoms with E-state index in [0.717, 1.165) is 48.7 Å². The fourth-order valence-electron chi connectivity index (χ4n) is 6.71. The Labute approximate surface area is 330 Å². The summed E-state index contributed by atoms with van der Waals surface area (Å²) in [6.07, 6.45) is 36.7. The molecule has 0 saturated heterocycles. The molecule has 0 fully saturated rings. The van der Waals surface area contributed by atoms with Crippen LogP contribution >= 0.6 is 0 Å². The molecule has 0 aliphatic carbocycles. The molecule has 0 aliphatic heterocycles. The van der Waals surface area contributed by atoms with Crippen LogP contribution in [0.25, 0.3) is 0 Å². The molecule has 0 heterocycles. The molecule has 0 unspecified atom stereocenters. The Morgan fingerprint density at radius 1 is 0.264 bits per heavy atom. The lowest BCUT2D eigenvalue weighted by Gasteiger charge is -2.17. The molecular formula is C46H90O7. The van der Waals surface area contributed by atoms with Gasteiger partial charge in [0.15, 0.2) is 11.5 Å². The molecule has 0 saturated carbocycles. The predicted octanol–water partition coefficient (Wildman–Crippen LogP) is 14.5. The Balaban J connectivity index is 4.37. The van der Waals surface area contributed by atoms with Gasteiger partial charge in [-0.15, -0.1) is 0 Å². The van der Waals surface area contributed by atoms with E-state index in [1.165, 1.54) is 154 Å².